The van der Waals surface area contributed by atoms with E-state index in [-0.39, 0.29) is 22.3 Å². The van der Waals surface area contributed by atoms with Crippen LogP contribution in [0.1, 0.15) is 41.4 Å². The van der Waals surface area contributed by atoms with Gasteiger partial charge < -0.3 is 28.8 Å². The van der Waals surface area contributed by atoms with Crippen LogP contribution in [0.5, 0.6) is 0 Å². The number of ether oxygens (including phenoxy) is 5. The van der Waals surface area contributed by atoms with Crippen LogP contribution in [-0.2, 0) is 23.7 Å². The van der Waals surface area contributed by atoms with Crippen LogP contribution in [0.25, 0.3) is 0 Å². The Hall–Kier alpha value is -5.60. The van der Waals surface area contributed by atoms with E-state index in [1.807, 2.05) is 0 Å². The molecule has 14 heteroatoms. The first kappa shape index (κ1) is 29.9. The molecule has 14 nitrogen and oxygen atoms in total. The molecule has 4 aromatic rings. The fraction of sp³-hybridized carbons (Fsp3) is 0.200. The van der Waals surface area contributed by atoms with Crippen LogP contribution < -0.4 is 0 Å². The monoisotopic (exact) mass is 600 g/mol. The highest BCUT2D eigenvalue weighted by Gasteiger charge is 2.60. The normalized spacial score (nSPS) is 20.7. The average Bonchev–Trinajstić information content (AvgIpc) is 3.33. The van der Waals surface area contributed by atoms with Crippen LogP contribution in [0.15, 0.2) is 98.1 Å². The SMILES string of the molecule is O=C(OC[C@H]1O[C@](O)(COC(=O)c2cccnc2)[C@@H](OC(=O)c2cccnc2)[C@@H]1OC(=O)c1cccnc1)c1cccnc1. The summed E-state index contributed by atoms with van der Waals surface area (Å²) in [5, 5.41) is 11.7. The van der Waals surface area contributed by atoms with Crippen molar-refractivity contribution in [2.45, 2.75) is 24.1 Å². The third-order valence-corrected chi connectivity index (χ3v) is 6.32. The lowest BCUT2D eigenvalue weighted by atomic mass is 10.0. The van der Waals surface area contributed by atoms with Gasteiger partial charge in [-0.3, -0.25) is 19.9 Å². The molecule has 0 aliphatic carbocycles. The number of carbonyl (C=O) groups is 4. The molecule has 44 heavy (non-hydrogen) atoms. The largest absolute Gasteiger partial charge is 0.459 e. The summed E-state index contributed by atoms with van der Waals surface area (Å²) in [4.78, 5) is 67.1. The maximum Gasteiger partial charge on any atom is 0.340 e. The molecule has 224 valence electrons. The van der Waals surface area contributed by atoms with Gasteiger partial charge in [0.05, 0.1) is 22.3 Å². The molecular weight excluding hydrogens is 576 g/mol. The first-order valence-electron chi connectivity index (χ1n) is 13.1. The Balaban J connectivity index is 1.44. The van der Waals surface area contributed by atoms with Gasteiger partial charge in [-0.25, -0.2) is 19.2 Å². The van der Waals surface area contributed by atoms with E-state index < -0.39 is 61.2 Å². The summed E-state index contributed by atoms with van der Waals surface area (Å²) >= 11 is 0. The molecule has 1 aliphatic heterocycles. The Labute approximate surface area is 249 Å². The number of nitrogens with zero attached hydrogens (tertiary/aromatic N) is 4. The Morgan fingerprint density at radius 3 is 1.55 bits per heavy atom. The molecule has 0 saturated carbocycles. The van der Waals surface area contributed by atoms with Crippen molar-refractivity contribution in [1.29, 1.82) is 0 Å². The first-order valence-corrected chi connectivity index (χ1v) is 13.1. The molecule has 4 atom stereocenters. The molecule has 0 unspecified atom stereocenters. The maximum absolute atomic E-state index is 13.1. The quantitative estimate of drug-likeness (QED) is 0.205. The molecule has 4 aromatic heterocycles. The van der Waals surface area contributed by atoms with Crippen molar-refractivity contribution in [2.24, 2.45) is 0 Å². The number of aliphatic hydroxyl groups is 1. The van der Waals surface area contributed by atoms with Gasteiger partial charge in [-0.2, -0.15) is 0 Å². The second-order valence-corrected chi connectivity index (χ2v) is 9.34. The van der Waals surface area contributed by atoms with E-state index in [1.54, 1.807) is 0 Å². The van der Waals surface area contributed by atoms with Gasteiger partial charge in [0, 0.05) is 49.6 Å². The van der Waals surface area contributed by atoms with Crippen LogP contribution in [0.4, 0.5) is 0 Å². The molecule has 0 bridgehead atoms. The van der Waals surface area contributed by atoms with Crippen LogP contribution in [0.2, 0.25) is 0 Å². The first-order chi connectivity index (χ1) is 21.3. The minimum atomic E-state index is -2.57. The highest BCUT2D eigenvalue weighted by molar-refractivity contribution is 5.91. The molecule has 1 fully saturated rings. The van der Waals surface area contributed by atoms with Gasteiger partial charge >= 0.3 is 23.9 Å². The van der Waals surface area contributed by atoms with Gasteiger partial charge in [-0.1, -0.05) is 0 Å². The maximum atomic E-state index is 13.1. The standard InChI is InChI=1S/C30H24N4O10/c35-26(19-5-1-9-31-13-19)40-17-23-24(42-28(37)21-7-3-11-33-15-21)25(43-29(38)22-8-4-12-34-16-22)30(39,44-23)18-41-27(36)20-6-2-10-32-14-20/h1-16,23-25,39H,17-18H2/t23-,24-,25+,30-/m1/s1. The molecule has 1 N–H and O–H groups in total. The zero-order valence-electron chi connectivity index (χ0n) is 22.8. The topological polar surface area (TPSA) is 186 Å². The van der Waals surface area contributed by atoms with E-state index in [0.717, 1.165) is 0 Å². The lowest BCUT2D eigenvalue weighted by Crippen LogP contribution is -2.51. The van der Waals surface area contributed by atoms with Crippen molar-refractivity contribution in [2.75, 3.05) is 13.2 Å². The molecular formula is C30H24N4O10. The lowest BCUT2D eigenvalue weighted by Gasteiger charge is -2.29. The number of carbonyl (C=O) groups excluding carboxylic acids is 4. The molecule has 0 aromatic carbocycles. The van der Waals surface area contributed by atoms with Crippen LogP contribution >= 0.6 is 0 Å². The second-order valence-electron chi connectivity index (χ2n) is 9.34. The Kier molecular flexibility index (Phi) is 9.22. The number of pyridine rings is 4. The number of esters is 4. The smallest absolute Gasteiger partial charge is 0.340 e. The zero-order valence-corrected chi connectivity index (χ0v) is 22.8. The Morgan fingerprint density at radius 2 is 1.09 bits per heavy atom. The fourth-order valence-electron chi connectivity index (χ4n) is 4.19. The summed E-state index contributed by atoms with van der Waals surface area (Å²) in [7, 11) is 0. The number of aromatic nitrogens is 4. The minimum absolute atomic E-state index is 0.00555. The van der Waals surface area contributed by atoms with E-state index >= 15 is 0 Å². The third-order valence-electron chi connectivity index (χ3n) is 6.32. The van der Waals surface area contributed by atoms with Crippen LogP contribution in [0, 0.1) is 0 Å². The van der Waals surface area contributed by atoms with Crippen molar-refractivity contribution >= 4 is 23.9 Å². The summed E-state index contributed by atoms with van der Waals surface area (Å²) < 4.78 is 27.8. The lowest BCUT2D eigenvalue weighted by molar-refractivity contribution is -0.247. The molecule has 0 spiro atoms. The Bertz CT molecular complexity index is 1600. The van der Waals surface area contributed by atoms with Gasteiger partial charge in [0.25, 0.3) is 0 Å². The van der Waals surface area contributed by atoms with Crippen molar-refractivity contribution in [3.63, 3.8) is 0 Å². The van der Waals surface area contributed by atoms with Gasteiger partial charge in [0.2, 0.25) is 5.79 Å². The van der Waals surface area contributed by atoms with Crippen LogP contribution in [-0.4, -0.2) is 86.2 Å². The summed E-state index contributed by atoms with van der Waals surface area (Å²) in [6.07, 6.45) is 6.08. The van der Waals surface area contributed by atoms with Gasteiger partial charge in [-0.05, 0) is 48.5 Å². The third kappa shape index (κ3) is 7.06. The predicted molar refractivity (Wildman–Crippen MR) is 146 cm³/mol. The summed E-state index contributed by atoms with van der Waals surface area (Å²) in [6.45, 7) is -1.45. The molecule has 5 heterocycles. The molecule has 1 aliphatic rings. The van der Waals surface area contributed by atoms with Crippen LogP contribution in [0.3, 0.4) is 0 Å². The average molecular weight is 601 g/mol. The van der Waals surface area contributed by atoms with E-state index in [9.17, 15) is 24.3 Å². The van der Waals surface area contributed by atoms with E-state index in [4.69, 9.17) is 23.7 Å². The Morgan fingerprint density at radius 1 is 0.659 bits per heavy atom. The van der Waals surface area contributed by atoms with E-state index in [2.05, 4.69) is 19.9 Å². The van der Waals surface area contributed by atoms with Crippen molar-refractivity contribution in [1.82, 2.24) is 19.9 Å². The van der Waals surface area contributed by atoms with Crippen molar-refractivity contribution in [3.05, 3.63) is 120 Å². The molecule has 0 radical (unpaired) electrons. The molecule has 1 saturated heterocycles. The van der Waals surface area contributed by atoms with Gasteiger partial charge in [0.15, 0.2) is 12.2 Å². The van der Waals surface area contributed by atoms with Gasteiger partial charge in [0.1, 0.15) is 19.3 Å². The summed E-state index contributed by atoms with van der Waals surface area (Å²) in [5.41, 5.74) is 0.231. The number of hydrogen-bond acceptors (Lipinski definition) is 14. The predicted octanol–water partition coefficient (Wildman–Crippen LogP) is 1.82. The summed E-state index contributed by atoms with van der Waals surface area (Å²) in [6, 6.07) is 11.8. The summed E-state index contributed by atoms with van der Waals surface area (Å²) in [5.74, 6) is -6.10. The zero-order chi connectivity index (χ0) is 30.9. The van der Waals surface area contributed by atoms with Crippen molar-refractivity contribution in [3.8, 4) is 0 Å². The molecule has 0 amide bonds. The highest BCUT2D eigenvalue weighted by atomic mass is 16.7. The van der Waals surface area contributed by atoms with E-state index in [0.29, 0.717) is 0 Å². The second kappa shape index (κ2) is 13.6. The van der Waals surface area contributed by atoms with Gasteiger partial charge in [-0.15, -0.1) is 0 Å². The van der Waals surface area contributed by atoms with E-state index in [1.165, 1.54) is 98.1 Å². The highest BCUT2D eigenvalue weighted by Crippen LogP contribution is 2.36. The minimum Gasteiger partial charge on any atom is -0.459 e. The number of hydrogen-bond donors (Lipinski definition) is 1. The number of rotatable bonds is 10. The van der Waals surface area contributed by atoms with Crippen molar-refractivity contribution < 1.29 is 48.0 Å². The molecule has 5 rings (SSSR count). The fourth-order valence-corrected chi connectivity index (χ4v) is 4.19.